The summed E-state index contributed by atoms with van der Waals surface area (Å²) in [4.78, 5) is 6.84. The molecule has 1 saturated heterocycles. The topological polar surface area (TPSA) is 27.6 Å². The number of hydrogen-bond donors (Lipinski definition) is 1. The van der Waals surface area contributed by atoms with Gasteiger partial charge in [-0.2, -0.15) is 0 Å². The molecule has 0 bridgehead atoms. The normalized spacial score (nSPS) is 20.8. The summed E-state index contributed by atoms with van der Waals surface area (Å²) in [7, 11) is 1.89. The van der Waals surface area contributed by atoms with Crippen molar-refractivity contribution in [2.45, 2.75) is 59.9 Å². The number of halogens is 1. The fourth-order valence-electron chi connectivity index (χ4n) is 2.51. The van der Waals surface area contributed by atoms with Crippen molar-refractivity contribution in [1.82, 2.24) is 10.2 Å². The van der Waals surface area contributed by atoms with E-state index < -0.39 is 0 Å². The molecule has 0 amide bonds. The molecule has 1 N–H and O–H groups in total. The molecule has 1 fully saturated rings. The van der Waals surface area contributed by atoms with Gasteiger partial charge in [0.2, 0.25) is 0 Å². The fourth-order valence-corrected chi connectivity index (χ4v) is 2.51. The van der Waals surface area contributed by atoms with Crippen LogP contribution in [0.15, 0.2) is 4.99 Å². The van der Waals surface area contributed by atoms with Gasteiger partial charge in [0.25, 0.3) is 0 Å². The predicted octanol–water partition coefficient (Wildman–Crippen LogP) is 3.74. The SMILES string of the molecule is CCC(CC)CNC(=NC)N1CC(C)(C)C1(C)C.I. The molecule has 4 heteroatoms. The van der Waals surface area contributed by atoms with Crippen LogP contribution in [-0.4, -0.2) is 36.5 Å². The van der Waals surface area contributed by atoms with Crippen LogP contribution in [0.1, 0.15) is 54.4 Å². The van der Waals surface area contributed by atoms with Gasteiger partial charge in [-0.25, -0.2) is 0 Å². The fraction of sp³-hybridized carbons (Fsp3) is 0.933. The minimum atomic E-state index is 0. The molecule has 19 heavy (non-hydrogen) atoms. The van der Waals surface area contributed by atoms with Crippen molar-refractivity contribution in [2.75, 3.05) is 20.1 Å². The first-order valence-electron chi connectivity index (χ1n) is 7.28. The second-order valence-corrected chi connectivity index (χ2v) is 6.64. The Labute approximate surface area is 136 Å². The summed E-state index contributed by atoms with van der Waals surface area (Å²) in [5.41, 5.74) is 0.544. The molecule has 0 saturated carbocycles. The van der Waals surface area contributed by atoms with Crippen LogP contribution in [0.4, 0.5) is 0 Å². The van der Waals surface area contributed by atoms with E-state index in [0.717, 1.165) is 25.0 Å². The lowest BCUT2D eigenvalue weighted by Crippen LogP contribution is -2.72. The molecule has 0 aromatic heterocycles. The molecule has 1 heterocycles. The first kappa shape index (κ1) is 19.0. The minimum absolute atomic E-state index is 0. The zero-order valence-corrected chi connectivity index (χ0v) is 16.0. The number of rotatable bonds is 4. The molecule has 0 aromatic rings. The van der Waals surface area contributed by atoms with Crippen LogP contribution in [0.3, 0.4) is 0 Å². The Bertz CT molecular complexity index is 307. The van der Waals surface area contributed by atoms with Gasteiger partial charge in [0.05, 0.1) is 0 Å². The second-order valence-electron chi connectivity index (χ2n) is 6.64. The van der Waals surface area contributed by atoms with Gasteiger partial charge in [-0.3, -0.25) is 4.99 Å². The number of nitrogens with zero attached hydrogens (tertiary/aromatic N) is 2. The van der Waals surface area contributed by atoms with Gasteiger partial charge in [-0.05, 0) is 19.8 Å². The molecule has 0 atom stereocenters. The molecule has 114 valence electrons. The van der Waals surface area contributed by atoms with Gasteiger partial charge >= 0.3 is 0 Å². The maximum Gasteiger partial charge on any atom is 0.194 e. The number of guanidine groups is 1. The summed E-state index contributed by atoms with van der Waals surface area (Å²) >= 11 is 0. The van der Waals surface area contributed by atoms with Crippen molar-refractivity contribution in [3.63, 3.8) is 0 Å². The van der Waals surface area contributed by atoms with Crippen LogP contribution in [-0.2, 0) is 0 Å². The monoisotopic (exact) mass is 381 g/mol. The Balaban J connectivity index is 0.00000324. The summed E-state index contributed by atoms with van der Waals surface area (Å²) < 4.78 is 0. The van der Waals surface area contributed by atoms with Crippen molar-refractivity contribution in [2.24, 2.45) is 16.3 Å². The third-order valence-electron chi connectivity index (χ3n) is 5.06. The molecule has 1 aliphatic rings. The first-order chi connectivity index (χ1) is 8.30. The maximum absolute atomic E-state index is 4.44. The molecule has 0 aliphatic carbocycles. The molecule has 0 aromatic carbocycles. The van der Waals surface area contributed by atoms with Crippen molar-refractivity contribution in [3.8, 4) is 0 Å². The van der Waals surface area contributed by atoms with E-state index in [4.69, 9.17) is 0 Å². The number of aliphatic imine (C=N–C) groups is 1. The number of nitrogens with one attached hydrogen (secondary N) is 1. The van der Waals surface area contributed by atoms with E-state index in [0.29, 0.717) is 5.41 Å². The van der Waals surface area contributed by atoms with E-state index in [-0.39, 0.29) is 29.5 Å². The van der Waals surface area contributed by atoms with Gasteiger partial charge in [0, 0.05) is 31.1 Å². The van der Waals surface area contributed by atoms with E-state index in [1.807, 2.05) is 7.05 Å². The number of likely N-dealkylation sites (tertiary alicyclic amines) is 1. The quantitative estimate of drug-likeness (QED) is 0.457. The largest absolute Gasteiger partial charge is 0.356 e. The molecule has 0 radical (unpaired) electrons. The molecular formula is C15H32IN3. The Morgan fingerprint density at radius 3 is 2.05 bits per heavy atom. The zero-order chi connectivity index (χ0) is 14.0. The van der Waals surface area contributed by atoms with Crippen LogP contribution >= 0.6 is 24.0 Å². The predicted molar refractivity (Wildman–Crippen MR) is 95.4 cm³/mol. The van der Waals surface area contributed by atoms with Crippen LogP contribution in [0.25, 0.3) is 0 Å². The minimum Gasteiger partial charge on any atom is -0.356 e. The van der Waals surface area contributed by atoms with Gasteiger partial charge in [0.15, 0.2) is 5.96 Å². The van der Waals surface area contributed by atoms with Crippen LogP contribution in [0.5, 0.6) is 0 Å². The van der Waals surface area contributed by atoms with Crippen LogP contribution in [0, 0.1) is 11.3 Å². The van der Waals surface area contributed by atoms with Crippen LogP contribution in [0.2, 0.25) is 0 Å². The highest BCUT2D eigenvalue weighted by atomic mass is 127. The van der Waals surface area contributed by atoms with Crippen molar-refractivity contribution < 1.29 is 0 Å². The Morgan fingerprint density at radius 2 is 1.74 bits per heavy atom. The average molecular weight is 381 g/mol. The van der Waals surface area contributed by atoms with E-state index in [9.17, 15) is 0 Å². The van der Waals surface area contributed by atoms with Crippen molar-refractivity contribution in [3.05, 3.63) is 0 Å². The Morgan fingerprint density at radius 1 is 1.21 bits per heavy atom. The maximum atomic E-state index is 4.44. The summed E-state index contributed by atoms with van der Waals surface area (Å²) in [5, 5.41) is 3.54. The van der Waals surface area contributed by atoms with Crippen molar-refractivity contribution >= 4 is 29.9 Å². The third kappa shape index (κ3) is 3.76. The highest BCUT2D eigenvalue weighted by Gasteiger charge is 2.53. The highest BCUT2D eigenvalue weighted by Crippen LogP contribution is 2.46. The zero-order valence-electron chi connectivity index (χ0n) is 13.7. The smallest absolute Gasteiger partial charge is 0.194 e. The lowest BCUT2D eigenvalue weighted by molar-refractivity contribution is -0.0668. The molecule has 0 spiro atoms. The molecule has 3 nitrogen and oxygen atoms in total. The lowest BCUT2D eigenvalue weighted by Gasteiger charge is -2.62. The molecule has 1 aliphatic heterocycles. The third-order valence-corrected chi connectivity index (χ3v) is 5.06. The average Bonchev–Trinajstić information content (AvgIpc) is 2.33. The standard InChI is InChI=1S/C15H31N3.HI/c1-8-12(9-2)10-17-13(16-7)18-11-14(3,4)15(18,5)6;/h12H,8-11H2,1-7H3,(H,16,17);1H. The second kappa shape index (κ2) is 7.14. The Hall–Kier alpha value is 0. The van der Waals surface area contributed by atoms with Gasteiger partial charge in [-0.1, -0.05) is 40.5 Å². The number of hydrogen-bond acceptors (Lipinski definition) is 1. The Kier molecular flexibility index (Phi) is 7.14. The van der Waals surface area contributed by atoms with E-state index in [1.54, 1.807) is 0 Å². The van der Waals surface area contributed by atoms with Crippen molar-refractivity contribution in [1.29, 1.82) is 0 Å². The first-order valence-corrected chi connectivity index (χ1v) is 7.28. The lowest BCUT2D eigenvalue weighted by atomic mass is 9.65. The summed E-state index contributed by atoms with van der Waals surface area (Å²) in [6.07, 6.45) is 2.46. The summed E-state index contributed by atoms with van der Waals surface area (Å²) in [6.45, 7) is 15.9. The molecular weight excluding hydrogens is 349 g/mol. The van der Waals surface area contributed by atoms with Gasteiger partial charge in [-0.15, -0.1) is 24.0 Å². The molecule has 1 rings (SSSR count). The van der Waals surface area contributed by atoms with E-state index in [2.05, 4.69) is 56.8 Å². The van der Waals surface area contributed by atoms with E-state index >= 15 is 0 Å². The summed E-state index contributed by atoms with van der Waals surface area (Å²) in [5.74, 6) is 1.81. The summed E-state index contributed by atoms with van der Waals surface area (Å²) in [6, 6.07) is 0. The highest BCUT2D eigenvalue weighted by molar-refractivity contribution is 14.0. The van der Waals surface area contributed by atoms with E-state index in [1.165, 1.54) is 12.8 Å². The van der Waals surface area contributed by atoms with Crippen LogP contribution < -0.4 is 5.32 Å². The molecule has 0 unspecified atom stereocenters. The van der Waals surface area contributed by atoms with Gasteiger partial charge < -0.3 is 10.2 Å². The van der Waals surface area contributed by atoms with Gasteiger partial charge in [0.1, 0.15) is 0 Å².